The van der Waals surface area contributed by atoms with E-state index >= 15 is 0 Å². The van der Waals surface area contributed by atoms with Gasteiger partial charge in [-0.25, -0.2) is 9.59 Å². The third kappa shape index (κ3) is 7.84. The van der Waals surface area contributed by atoms with Gasteiger partial charge < -0.3 is 22.7 Å². The molecule has 14 heavy (non-hydrogen) atoms. The van der Waals surface area contributed by atoms with Gasteiger partial charge in [0, 0.05) is 6.42 Å². The molecule has 0 radical (unpaired) electrons. The fourth-order valence-corrected chi connectivity index (χ4v) is 0.697. The van der Waals surface area contributed by atoms with Gasteiger partial charge in [-0.1, -0.05) is 0 Å². The van der Waals surface area contributed by atoms with Crippen LogP contribution in [-0.2, 0) is 9.59 Å². The predicted molar refractivity (Wildman–Crippen MR) is 42.1 cm³/mol. The normalized spacial score (nSPS) is 10.9. The number of carboxylic acids is 2. The number of primary amides is 1. The number of rotatable bonds is 5. The minimum Gasteiger partial charge on any atom is -1.00 e. The van der Waals surface area contributed by atoms with Crippen LogP contribution in [-0.4, -0.2) is 34.2 Å². The van der Waals surface area contributed by atoms with E-state index in [9.17, 15) is 14.4 Å². The van der Waals surface area contributed by atoms with Gasteiger partial charge in [-0.3, -0.25) is 4.79 Å². The molecule has 0 saturated heterocycles. The number of aliphatic carboxylic acids is 2. The van der Waals surface area contributed by atoms with Crippen molar-refractivity contribution in [2.75, 3.05) is 0 Å². The number of carbonyl (C=O) groups is 3. The molecule has 2 amide bonds. The summed E-state index contributed by atoms with van der Waals surface area (Å²) in [6, 6.07) is -2.23. The van der Waals surface area contributed by atoms with E-state index in [1.165, 1.54) is 0 Å². The Morgan fingerprint density at radius 3 is 2.14 bits per heavy atom. The van der Waals surface area contributed by atoms with E-state index in [1.54, 1.807) is 0 Å². The molecule has 8 heteroatoms. The van der Waals surface area contributed by atoms with Gasteiger partial charge in [-0.05, 0) is 6.42 Å². The summed E-state index contributed by atoms with van der Waals surface area (Å²) in [7, 11) is 0. The summed E-state index contributed by atoms with van der Waals surface area (Å²) >= 11 is 0. The molecule has 0 aromatic carbocycles. The van der Waals surface area contributed by atoms with E-state index in [2.05, 4.69) is 5.73 Å². The molecule has 0 spiro atoms. The molecule has 0 aliphatic carbocycles. The molecule has 0 heterocycles. The molecule has 0 aliphatic heterocycles. The Balaban J connectivity index is -0.000000720. The molecule has 1 unspecified atom stereocenters. The Kier molecular flexibility index (Phi) is 8.51. The Labute approximate surface area is 103 Å². The molecule has 0 fully saturated rings. The zero-order chi connectivity index (χ0) is 10.4. The average molecular weight is 214 g/mol. The van der Waals surface area contributed by atoms with Crippen LogP contribution in [0, 0.1) is 0 Å². The summed E-state index contributed by atoms with van der Waals surface area (Å²) < 4.78 is 0. The fourth-order valence-electron chi connectivity index (χ4n) is 0.697. The SMILES string of the molecule is NC(=O)NC(CCC(=O)O)C(=O)O.[H-].[Na+]. The van der Waals surface area contributed by atoms with E-state index in [1.807, 2.05) is 5.32 Å². The molecule has 0 bridgehead atoms. The van der Waals surface area contributed by atoms with Crippen molar-refractivity contribution in [2.45, 2.75) is 18.9 Å². The summed E-state index contributed by atoms with van der Waals surface area (Å²) in [6.07, 6.45) is -0.523. The van der Waals surface area contributed by atoms with Crippen molar-refractivity contribution >= 4 is 18.0 Å². The van der Waals surface area contributed by atoms with Gasteiger partial charge >= 0.3 is 47.5 Å². The molecule has 0 aromatic heterocycles. The summed E-state index contributed by atoms with van der Waals surface area (Å²) in [5.41, 5.74) is 4.68. The number of carbonyl (C=O) groups excluding carboxylic acids is 1. The number of nitrogens with one attached hydrogen (secondary N) is 1. The molecular weight excluding hydrogens is 203 g/mol. The second kappa shape index (κ2) is 7.60. The van der Waals surface area contributed by atoms with Crippen molar-refractivity contribution in [3.8, 4) is 0 Å². The number of amides is 2. The van der Waals surface area contributed by atoms with Crippen molar-refractivity contribution in [3.63, 3.8) is 0 Å². The Hall–Kier alpha value is -0.790. The second-order valence-electron chi connectivity index (χ2n) is 2.33. The van der Waals surface area contributed by atoms with Crippen molar-refractivity contribution in [1.29, 1.82) is 0 Å². The van der Waals surface area contributed by atoms with E-state index in [-0.39, 0.29) is 43.8 Å². The Morgan fingerprint density at radius 2 is 1.86 bits per heavy atom. The summed E-state index contributed by atoms with van der Waals surface area (Å²) in [5.74, 6) is -2.43. The predicted octanol–water partition coefficient (Wildman–Crippen LogP) is -3.91. The zero-order valence-electron chi connectivity index (χ0n) is 8.69. The van der Waals surface area contributed by atoms with Crippen molar-refractivity contribution in [1.82, 2.24) is 5.32 Å². The van der Waals surface area contributed by atoms with Gasteiger partial charge in [0.1, 0.15) is 6.04 Å². The van der Waals surface area contributed by atoms with Crippen LogP contribution >= 0.6 is 0 Å². The topological polar surface area (TPSA) is 130 Å². The largest absolute Gasteiger partial charge is 1.00 e. The number of hydrogen-bond donors (Lipinski definition) is 4. The third-order valence-electron chi connectivity index (χ3n) is 1.26. The Morgan fingerprint density at radius 1 is 1.36 bits per heavy atom. The maximum atomic E-state index is 10.4. The zero-order valence-corrected chi connectivity index (χ0v) is 9.69. The van der Waals surface area contributed by atoms with Gasteiger partial charge in [0.15, 0.2) is 0 Å². The molecule has 0 aromatic rings. The minimum absolute atomic E-state index is 0. The number of nitrogens with two attached hydrogens (primary N) is 1. The van der Waals surface area contributed by atoms with Gasteiger partial charge in [-0.15, -0.1) is 0 Å². The standard InChI is InChI=1S/C6H10N2O5.Na.H/c7-6(13)8-3(5(11)12)1-2-4(9)10;;/h3H,1-2H2,(H,9,10)(H,11,12)(H3,7,8,13);;/q;+1;-1. The summed E-state index contributed by atoms with van der Waals surface area (Å²) in [4.78, 5) is 30.7. The van der Waals surface area contributed by atoms with Gasteiger partial charge in [0.2, 0.25) is 0 Å². The van der Waals surface area contributed by atoms with Crippen LogP contribution < -0.4 is 40.6 Å². The van der Waals surface area contributed by atoms with Gasteiger partial charge in [-0.2, -0.15) is 0 Å². The van der Waals surface area contributed by atoms with Crippen molar-refractivity contribution in [3.05, 3.63) is 0 Å². The van der Waals surface area contributed by atoms with Gasteiger partial charge in [0.25, 0.3) is 0 Å². The molecule has 0 rings (SSSR count). The first-order valence-corrected chi connectivity index (χ1v) is 3.44. The van der Waals surface area contributed by atoms with Crippen LogP contribution in [0.2, 0.25) is 0 Å². The molecule has 5 N–H and O–H groups in total. The van der Waals surface area contributed by atoms with Crippen LogP contribution in [0.3, 0.4) is 0 Å². The summed E-state index contributed by atoms with van der Waals surface area (Å²) in [5, 5.41) is 18.6. The molecule has 0 saturated carbocycles. The van der Waals surface area contributed by atoms with Crippen molar-refractivity contribution < 1.29 is 55.6 Å². The van der Waals surface area contributed by atoms with E-state index in [0.29, 0.717) is 0 Å². The van der Waals surface area contributed by atoms with Crippen LogP contribution in [0.4, 0.5) is 4.79 Å². The molecule has 1 atom stereocenters. The van der Waals surface area contributed by atoms with E-state index < -0.39 is 24.0 Å². The van der Waals surface area contributed by atoms with Gasteiger partial charge in [0.05, 0.1) is 0 Å². The number of hydrogen-bond acceptors (Lipinski definition) is 3. The van der Waals surface area contributed by atoms with E-state index in [0.717, 1.165) is 0 Å². The minimum atomic E-state index is -1.31. The molecular formula is C6H11N2NaO5. The first kappa shape index (κ1) is 15.7. The molecule has 7 nitrogen and oxygen atoms in total. The summed E-state index contributed by atoms with van der Waals surface area (Å²) in [6.45, 7) is 0. The third-order valence-corrected chi connectivity index (χ3v) is 1.26. The Bertz CT molecular complexity index is 238. The first-order chi connectivity index (χ1) is 5.93. The van der Waals surface area contributed by atoms with Crippen LogP contribution in [0.15, 0.2) is 0 Å². The van der Waals surface area contributed by atoms with Crippen LogP contribution in [0.25, 0.3) is 0 Å². The van der Waals surface area contributed by atoms with Crippen molar-refractivity contribution in [2.24, 2.45) is 5.73 Å². The smallest absolute Gasteiger partial charge is 1.00 e. The maximum Gasteiger partial charge on any atom is 1.00 e. The number of carboxylic acid groups (broad SMARTS) is 2. The second-order valence-corrected chi connectivity index (χ2v) is 2.33. The average Bonchev–Trinajstić information content (AvgIpc) is 1.96. The fraction of sp³-hybridized carbons (Fsp3) is 0.500. The van der Waals surface area contributed by atoms with Crippen LogP contribution in [0.5, 0.6) is 0 Å². The first-order valence-electron chi connectivity index (χ1n) is 3.44. The quantitative estimate of drug-likeness (QED) is 0.347. The number of urea groups is 1. The van der Waals surface area contributed by atoms with Crippen LogP contribution in [0.1, 0.15) is 14.3 Å². The monoisotopic (exact) mass is 214 g/mol. The molecule has 76 valence electrons. The van der Waals surface area contributed by atoms with E-state index in [4.69, 9.17) is 10.2 Å². The maximum absolute atomic E-state index is 10.4. The molecule has 0 aliphatic rings.